The van der Waals surface area contributed by atoms with Crippen LogP contribution in [-0.2, 0) is 45.0 Å². The van der Waals surface area contributed by atoms with Gasteiger partial charge in [-0.3, -0.25) is 4.79 Å². The summed E-state index contributed by atoms with van der Waals surface area (Å²) in [5.74, 6) is 1.85. The molecule has 4 aromatic rings. The van der Waals surface area contributed by atoms with Crippen molar-refractivity contribution in [3.8, 4) is 16.9 Å². The average Bonchev–Trinajstić information content (AvgIpc) is 3.42. The molecule has 1 atom stereocenters. The molecule has 5 rings (SSSR count). The summed E-state index contributed by atoms with van der Waals surface area (Å²) in [5, 5.41) is 3.87. The van der Waals surface area contributed by atoms with Crippen molar-refractivity contribution >= 4 is 23.0 Å². The lowest BCUT2D eigenvalue weighted by Gasteiger charge is -2.19. The number of carbonyl (C=O) groups excluding carboxylic acids is 2. The molecule has 2 heterocycles. The van der Waals surface area contributed by atoms with Crippen LogP contribution in [0.1, 0.15) is 75.8 Å². The monoisotopic (exact) mass is 641 g/mol. The number of alkyl carbamates (subject to hydrolysis) is 1. The SMILES string of the molecule is CCOC(=O)Cc1ccccc1OCc1cc(-c2cccc(CNC(=O)OC(C)(C)C)c2)c2oc(CC3CCCCOCC3)cc2c1. The molecule has 3 aromatic carbocycles. The highest BCUT2D eigenvalue weighted by atomic mass is 16.6. The zero-order valence-corrected chi connectivity index (χ0v) is 28.1. The van der Waals surface area contributed by atoms with Gasteiger partial charge in [0.15, 0.2) is 0 Å². The minimum Gasteiger partial charge on any atom is -0.489 e. The van der Waals surface area contributed by atoms with Gasteiger partial charge in [-0.2, -0.15) is 0 Å². The summed E-state index contributed by atoms with van der Waals surface area (Å²) in [6.07, 6.45) is 5.03. The standard InChI is InChI=1S/C39H47NO7/c1-5-44-36(41)24-31-13-6-7-15-35(31)45-26-29-20-32-23-33(21-27-11-8-9-17-43-18-16-27)46-37(32)34(22-29)30-14-10-12-28(19-30)25-40-38(42)47-39(2,3)4/h6-7,10,12-15,19-20,22-23,27H,5,8-9,11,16-18,21,24-26H2,1-4H3,(H,40,42). The second-order valence-electron chi connectivity index (χ2n) is 13.2. The van der Waals surface area contributed by atoms with E-state index in [9.17, 15) is 9.59 Å². The van der Waals surface area contributed by atoms with Crippen molar-refractivity contribution in [1.82, 2.24) is 5.32 Å². The third kappa shape index (κ3) is 10.1. The van der Waals surface area contributed by atoms with Crippen LogP contribution in [-0.4, -0.2) is 37.5 Å². The van der Waals surface area contributed by atoms with E-state index in [0.29, 0.717) is 31.4 Å². The van der Waals surface area contributed by atoms with E-state index in [4.69, 9.17) is 23.4 Å². The van der Waals surface area contributed by atoms with Crippen LogP contribution in [0.4, 0.5) is 4.79 Å². The maximum atomic E-state index is 12.3. The van der Waals surface area contributed by atoms with Crippen molar-refractivity contribution in [3.63, 3.8) is 0 Å². The number of amides is 1. The molecule has 0 saturated carbocycles. The van der Waals surface area contributed by atoms with Gasteiger partial charge in [-0.25, -0.2) is 4.79 Å². The molecule has 250 valence electrons. The first-order valence-electron chi connectivity index (χ1n) is 16.7. The molecule has 1 aromatic heterocycles. The van der Waals surface area contributed by atoms with E-state index >= 15 is 0 Å². The van der Waals surface area contributed by atoms with Crippen molar-refractivity contribution in [1.29, 1.82) is 0 Å². The maximum Gasteiger partial charge on any atom is 0.407 e. The van der Waals surface area contributed by atoms with Crippen LogP contribution < -0.4 is 10.1 Å². The summed E-state index contributed by atoms with van der Waals surface area (Å²) < 4.78 is 29.3. The number of ether oxygens (including phenoxy) is 4. The molecule has 8 nitrogen and oxygen atoms in total. The van der Waals surface area contributed by atoms with Crippen molar-refractivity contribution in [3.05, 3.63) is 89.2 Å². The zero-order valence-electron chi connectivity index (χ0n) is 28.1. The van der Waals surface area contributed by atoms with Gasteiger partial charge >= 0.3 is 12.1 Å². The van der Waals surface area contributed by atoms with Gasteiger partial charge in [0.1, 0.15) is 29.3 Å². The lowest BCUT2D eigenvalue weighted by Crippen LogP contribution is -2.32. The Morgan fingerprint density at radius 3 is 2.62 bits per heavy atom. The van der Waals surface area contributed by atoms with E-state index in [2.05, 4.69) is 35.6 Å². The summed E-state index contributed by atoms with van der Waals surface area (Å²) >= 11 is 0. The number of rotatable bonds is 11. The number of hydrogen-bond donors (Lipinski definition) is 1. The molecule has 1 aliphatic heterocycles. The Bertz CT molecular complexity index is 1640. The van der Waals surface area contributed by atoms with Crippen molar-refractivity contribution in [2.45, 2.75) is 85.0 Å². The van der Waals surface area contributed by atoms with Gasteiger partial charge in [0.25, 0.3) is 0 Å². The Labute approximate surface area is 277 Å². The fourth-order valence-corrected chi connectivity index (χ4v) is 5.95. The Balaban J connectivity index is 1.43. The van der Waals surface area contributed by atoms with Crippen LogP contribution in [0.15, 0.2) is 71.1 Å². The molecule has 1 saturated heterocycles. The third-order valence-corrected chi connectivity index (χ3v) is 8.12. The molecule has 1 aliphatic rings. The fourth-order valence-electron chi connectivity index (χ4n) is 5.95. The number of hydrogen-bond acceptors (Lipinski definition) is 7. The number of benzene rings is 3. The lowest BCUT2D eigenvalue weighted by molar-refractivity contribution is -0.142. The van der Waals surface area contributed by atoms with Crippen LogP contribution in [0, 0.1) is 5.92 Å². The predicted molar refractivity (Wildman–Crippen MR) is 182 cm³/mol. The second kappa shape index (κ2) is 16.0. The Morgan fingerprint density at radius 2 is 1.79 bits per heavy atom. The predicted octanol–water partition coefficient (Wildman–Crippen LogP) is 8.56. The fraction of sp³-hybridized carbons (Fsp3) is 0.436. The second-order valence-corrected chi connectivity index (χ2v) is 13.2. The largest absolute Gasteiger partial charge is 0.489 e. The normalized spacial score (nSPS) is 15.4. The van der Waals surface area contributed by atoms with E-state index in [-0.39, 0.29) is 12.4 Å². The van der Waals surface area contributed by atoms with E-state index in [1.165, 1.54) is 12.8 Å². The van der Waals surface area contributed by atoms with Crippen LogP contribution >= 0.6 is 0 Å². The first kappa shape index (κ1) is 34.0. The summed E-state index contributed by atoms with van der Waals surface area (Å²) in [6, 6.07) is 22.0. The third-order valence-electron chi connectivity index (χ3n) is 8.12. The van der Waals surface area contributed by atoms with Crippen molar-refractivity contribution in [2.75, 3.05) is 19.8 Å². The molecule has 1 fully saturated rings. The minimum absolute atomic E-state index is 0.149. The smallest absolute Gasteiger partial charge is 0.407 e. The number of fused-ring (bicyclic) bond motifs is 1. The first-order valence-corrected chi connectivity index (χ1v) is 16.7. The molecule has 1 N–H and O–H groups in total. The van der Waals surface area contributed by atoms with E-state index < -0.39 is 11.7 Å². The van der Waals surface area contributed by atoms with Crippen molar-refractivity contribution in [2.24, 2.45) is 5.92 Å². The minimum atomic E-state index is -0.570. The molecule has 1 amide bonds. The zero-order chi connectivity index (χ0) is 33.2. The average molecular weight is 642 g/mol. The van der Waals surface area contributed by atoms with Gasteiger partial charge in [0.2, 0.25) is 0 Å². The van der Waals surface area contributed by atoms with Gasteiger partial charge < -0.3 is 28.7 Å². The summed E-state index contributed by atoms with van der Waals surface area (Å²) in [5.41, 5.74) is 4.88. The number of carbonyl (C=O) groups is 2. The Hall–Kier alpha value is -4.30. The van der Waals surface area contributed by atoms with E-state index in [0.717, 1.165) is 77.0 Å². The van der Waals surface area contributed by atoms with E-state index in [1.54, 1.807) is 6.92 Å². The van der Waals surface area contributed by atoms with E-state index in [1.807, 2.05) is 57.2 Å². The van der Waals surface area contributed by atoms with Gasteiger partial charge in [-0.05, 0) is 99.9 Å². The van der Waals surface area contributed by atoms with Crippen LogP contribution in [0.2, 0.25) is 0 Å². The molecule has 1 unspecified atom stereocenters. The molecule has 0 spiro atoms. The molecule has 8 heteroatoms. The lowest BCUT2D eigenvalue weighted by atomic mass is 9.93. The molecular formula is C39H47NO7. The van der Waals surface area contributed by atoms with Crippen LogP contribution in [0.3, 0.4) is 0 Å². The Morgan fingerprint density at radius 1 is 0.936 bits per heavy atom. The number of nitrogens with one attached hydrogen (secondary N) is 1. The van der Waals surface area contributed by atoms with Crippen LogP contribution in [0.25, 0.3) is 22.1 Å². The quantitative estimate of drug-likeness (QED) is 0.164. The maximum absolute atomic E-state index is 12.3. The topological polar surface area (TPSA) is 96.2 Å². The highest BCUT2D eigenvalue weighted by molar-refractivity contribution is 5.93. The summed E-state index contributed by atoms with van der Waals surface area (Å²) in [4.78, 5) is 24.5. The van der Waals surface area contributed by atoms with Crippen molar-refractivity contribution < 1.29 is 33.0 Å². The highest BCUT2D eigenvalue weighted by Crippen LogP contribution is 2.35. The number of para-hydroxylation sites is 1. The van der Waals surface area contributed by atoms with Gasteiger partial charge in [0.05, 0.1) is 13.0 Å². The van der Waals surface area contributed by atoms with Gasteiger partial charge in [-0.1, -0.05) is 42.8 Å². The summed E-state index contributed by atoms with van der Waals surface area (Å²) in [7, 11) is 0. The number of esters is 1. The molecular weight excluding hydrogens is 594 g/mol. The Kier molecular flexibility index (Phi) is 11.6. The molecule has 0 radical (unpaired) electrons. The highest BCUT2D eigenvalue weighted by Gasteiger charge is 2.19. The van der Waals surface area contributed by atoms with Crippen LogP contribution in [0.5, 0.6) is 5.75 Å². The van der Waals surface area contributed by atoms with Gasteiger partial charge in [0, 0.05) is 42.7 Å². The molecule has 47 heavy (non-hydrogen) atoms. The molecule has 0 aliphatic carbocycles. The number of furan rings is 1. The van der Waals surface area contributed by atoms with Gasteiger partial charge in [-0.15, -0.1) is 0 Å². The summed E-state index contributed by atoms with van der Waals surface area (Å²) in [6.45, 7) is 9.95. The molecule has 0 bridgehead atoms. The first-order chi connectivity index (χ1) is 22.7.